The molecule has 0 atom stereocenters. The van der Waals surface area contributed by atoms with Crippen molar-refractivity contribution in [2.75, 3.05) is 13.1 Å². The minimum absolute atomic E-state index is 0.0738. The van der Waals surface area contributed by atoms with Gasteiger partial charge < -0.3 is 14.8 Å². The number of rotatable bonds is 7. The van der Waals surface area contributed by atoms with Gasteiger partial charge in [0.1, 0.15) is 11.3 Å². The monoisotopic (exact) mass is 519 g/mol. The second-order valence-corrected chi connectivity index (χ2v) is 12.7. The van der Waals surface area contributed by atoms with Gasteiger partial charge in [-0.25, -0.2) is 17.2 Å². The summed E-state index contributed by atoms with van der Waals surface area (Å²) in [6.45, 7) is 2.33. The lowest BCUT2D eigenvalue weighted by molar-refractivity contribution is -0.0688. The summed E-state index contributed by atoms with van der Waals surface area (Å²) in [4.78, 5) is 40.1. The number of amides is 2. The highest BCUT2D eigenvalue weighted by Crippen LogP contribution is 2.52. The van der Waals surface area contributed by atoms with Crippen molar-refractivity contribution in [3.8, 4) is 0 Å². The molecule has 36 heavy (non-hydrogen) atoms. The molecule has 1 aromatic heterocycles. The maximum Gasteiger partial charge on any atom is 0.270 e. The molecule has 0 saturated heterocycles. The number of fused-ring (bicyclic) bond motifs is 1. The van der Waals surface area contributed by atoms with Crippen molar-refractivity contribution in [2.45, 2.75) is 61.6 Å². The Bertz CT molecular complexity index is 1390. The van der Waals surface area contributed by atoms with E-state index in [2.05, 4.69) is 5.32 Å². The molecule has 1 aliphatic heterocycles. The van der Waals surface area contributed by atoms with Crippen molar-refractivity contribution in [3.63, 3.8) is 0 Å². The van der Waals surface area contributed by atoms with Gasteiger partial charge in [0.05, 0.1) is 10.00 Å². The number of carbonyl (C=O) groups is 2. The number of nitrogens with zero attached hydrogens (tertiary/aromatic N) is 2. The molecule has 1 aromatic carbocycles. The van der Waals surface area contributed by atoms with Crippen LogP contribution in [0.5, 0.6) is 0 Å². The molecule has 2 aromatic rings. The van der Waals surface area contributed by atoms with Crippen LogP contribution in [0.15, 0.2) is 41.2 Å². The van der Waals surface area contributed by atoms with E-state index in [1.165, 1.54) is 21.6 Å². The highest BCUT2D eigenvalue weighted by molar-refractivity contribution is 7.93. The average molecular weight is 520 g/mol. The SMILES string of the molecule is Cc1ccc(CNC(=O)c2ccc3n(c2=O)CCN(CC2(S(=O)(=O)C4CC(F)(F)C4)CC2)C3=O)cc1. The van der Waals surface area contributed by atoms with E-state index in [-0.39, 0.29) is 37.4 Å². The largest absolute Gasteiger partial charge is 0.348 e. The number of aromatic nitrogens is 1. The first-order valence-corrected chi connectivity index (χ1v) is 13.5. The van der Waals surface area contributed by atoms with Crippen LogP contribution in [0.2, 0.25) is 0 Å². The van der Waals surface area contributed by atoms with E-state index in [1.54, 1.807) is 0 Å². The number of nitrogens with one attached hydrogen (secondary N) is 1. The molecule has 2 fully saturated rings. The number of alkyl halides is 2. The molecule has 2 heterocycles. The molecule has 2 saturated carbocycles. The standard InChI is InChI=1S/C25H27F2N3O5S/c1-16-2-4-17(5-3-16)14-28-21(31)19-6-7-20-23(33)29(10-11-30(20)22(19)32)15-24(8-9-24)36(34,35)18-12-25(26,27)13-18/h2-7,18H,8-15H2,1H3,(H,28,31). The Hall–Kier alpha value is -3.08. The fraction of sp³-hybridized carbons (Fsp3) is 0.480. The van der Waals surface area contributed by atoms with Crippen molar-refractivity contribution in [1.29, 1.82) is 0 Å². The highest BCUT2D eigenvalue weighted by Gasteiger charge is 2.63. The van der Waals surface area contributed by atoms with Crippen molar-refractivity contribution >= 4 is 21.7 Å². The first-order chi connectivity index (χ1) is 16.9. The Morgan fingerprint density at radius 3 is 2.33 bits per heavy atom. The van der Waals surface area contributed by atoms with Crippen LogP contribution in [-0.4, -0.2) is 58.7 Å². The lowest BCUT2D eigenvalue weighted by Crippen LogP contribution is -2.54. The van der Waals surface area contributed by atoms with Gasteiger partial charge in [-0.05, 0) is 37.5 Å². The van der Waals surface area contributed by atoms with Gasteiger partial charge in [-0.3, -0.25) is 14.4 Å². The second kappa shape index (κ2) is 8.50. The van der Waals surface area contributed by atoms with E-state index >= 15 is 0 Å². The third kappa shape index (κ3) is 4.23. The van der Waals surface area contributed by atoms with Gasteiger partial charge in [0.2, 0.25) is 0 Å². The van der Waals surface area contributed by atoms with E-state index < -0.39 is 56.0 Å². The maximum atomic E-state index is 13.3. The van der Waals surface area contributed by atoms with Gasteiger partial charge in [0.25, 0.3) is 23.3 Å². The van der Waals surface area contributed by atoms with Gasteiger partial charge in [0.15, 0.2) is 9.84 Å². The lowest BCUT2D eigenvalue weighted by Gasteiger charge is -2.38. The van der Waals surface area contributed by atoms with Crippen LogP contribution in [0.3, 0.4) is 0 Å². The van der Waals surface area contributed by atoms with Gasteiger partial charge in [-0.2, -0.15) is 0 Å². The number of aryl methyl sites for hydroxylation is 1. The van der Waals surface area contributed by atoms with Crippen LogP contribution in [0.4, 0.5) is 8.78 Å². The molecule has 1 N–H and O–H groups in total. The summed E-state index contributed by atoms with van der Waals surface area (Å²) >= 11 is 0. The predicted molar refractivity (Wildman–Crippen MR) is 128 cm³/mol. The summed E-state index contributed by atoms with van der Waals surface area (Å²) in [5.41, 5.74) is 1.37. The van der Waals surface area contributed by atoms with Gasteiger partial charge >= 0.3 is 0 Å². The van der Waals surface area contributed by atoms with Crippen LogP contribution in [0.25, 0.3) is 0 Å². The molecule has 0 unspecified atom stereocenters. The van der Waals surface area contributed by atoms with Gasteiger partial charge in [-0.1, -0.05) is 29.8 Å². The van der Waals surface area contributed by atoms with Crippen LogP contribution >= 0.6 is 0 Å². The van der Waals surface area contributed by atoms with E-state index in [1.807, 2.05) is 31.2 Å². The summed E-state index contributed by atoms with van der Waals surface area (Å²) in [6, 6.07) is 10.3. The van der Waals surface area contributed by atoms with Crippen molar-refractivity contribution < 1.29 is 26.8 Å². The molecule has 2 amide bonds. The summed E-state index contributed by atoms with van der Waals surface area (Å²) in [7, 11) is -3.82. The predicted octanol–water partition coefficient (Wildman–Crippen LogP) is 2.29. The van der Waals surface area contributed by atoms with Crippen molar-refractivity contribution in [2.24, 2.45) is 0 Å². The van der Waals surface area contributed by atoms with E-state index in [0.29, 0.717) is 12.8 Å². The Labute approximate surface area is 207 Å². The average Bonchev–Trinajstić information content (AvgIpc) is 3.60. The van der Waals surface area contributed by atoms with Crippen LogP contribution in [0.1, 0.15) is 57.7 Å². The Morgan fingerprint density at radius 2 is 1.72 bits per heavy atom. The summed E-state index contributed by atoms with van der Waals surface area (Å²) in [5.74, 6) is -4.00. The zero-order chi connectivity index (χ0) is 25.9. The van der Waals surface area contributed by atoms with Crippen molar-refractivity contribution in [3.05, 3.63) is 69.1 Å². The molecule has 8 nitrogen and oxygen atoms in total. The maximum absolute atomic E-state index is 13.3. The second-order valence-electron chi connectivity index (χ2n) is 10.1. The van der Waals surface area contributed by atoms with E-state index in [4.69, 9.17) is 0 Å². The normalized spacial score (nSPS) is 20.4. The number of halogens is 2. The summed E-state index contributed by atoms with van der Waals surface area (Å²) < 4.78 is 52.6. The minimum atomic E-state index is -3.82. The highest BCUT2D eigenvalue weighted by atomic mass is 32.2. The summed E-state index contributed by atoms with van der Waals surface area (Å²) in [5, 5.41) is 1.64. The molecule has 0 spiro atoms. The van der Waals surface area contributed by atoms with Gasteiger partial charge in [0, 0.05) is 39.0 Å². The fourth-order valence-corrected chi connectivity index (χ4v) is 7.62. The number of hydrogen-bond donors (Lipinski definition) is 1. The third-order valence-electron chi connectivity index (χ3n) is 7.47. The molecule has 5 rings (SSSR count). The Morgan fingerprint density at radius 1 is 1.06 bits per heavy atom. The fourth-order valence-electron chi connectivity index (χ4n) is 4.98. The van der Waals surface area contributed by atoms with E-state index in [9.17, 15) is 31.6 Å². The molecule has 0 radical (unpaired) electrons. The lowest BCUT2D eigenvalue weighted by atomic mass is 9.94. The number of pyridine rings is 1. The summed E-state index contributed by atoms with van der Waals surface area (Å²) in [6.07, 6.45) is -0.682. The van der Waals surface area contributed by atoms with Crippen molar-refractivity contribution in [1.82, 2.24) is 14.8 Å². The molecule has 0 bridgehead atoms. The Kier molecular flexibility index (Phi) is 5.81. The molecule has 192 valence electrons. The molecule has 3 aliphatic rings. The Balaban J connectivity index is 1.28. The van der Waals surface area contributed by atoms with Crippen LogP contribution in [0, 0.1) is 6.92 Å². The zero-order valence-corrected chi connectivity index (χ0v) is 20.6. The number of sulfone groups is 1. The van der Waals surface area contributed by atoms with Crippen LogP contribution < -0.4 is 10.9 Å². The van der Waals surface area contributed by atoms with E-state index in [0.717, 1.165) is 11.1 Å². The first-order valence-electron chi connectivity index (χ1n) is 11.9. The minimum Gasteiger partial charge on any atom is -0.348 e. The molecule has 2 aliphatic carbocycles. The number of benzene rings is 1. The number of hydrogen-bond acceptors (Lipinski definition) is 5. The molecule has 11 heteroatoms. The topological polar surface area (TPSA) is 106 Å². The first kappa shape index (κ1) is 24.6. The third-order valence-corrected chi connectivity index (χ3v) is 10.4. The molecular formula is C25H27F2N3O5S. The zero-order valence-electron chi connectivity index (χ0n) is 19.8. The smallest absolute Gasteiger partial charge is 0.270 e. The molecular weight excluding hydrogens is 492 g/mol. The van der Waals surface area contributed by atoms with Gasteiger partial charge in [-0.15, -0.1) is 0 Å². The quantitative estimate of drug-likeness (QED) is 0.604. The van der Waals surface area contributed by atoms with Crippen LogP contribution in [-0.2, 0) is 22.9 Å². The number of carbonyl (C=O) groups excluding carboxylic acids is 2.